The molecule has 0 aromatic carbocycles. The molecule has 4 heteroatoms. The number of hydrogen-bond donors (Lipinski definition) is 0. The van der Waals surface area contributed by atoms with Crippen LogP contribution in [0.3, 0.4) is 0 Å². The molecule has 0 bridgehead atoms. The maximum atomic E-state index is 11.2. The average molecular weight is 215 g/mol. The summed E-state index contributed by atoms with van der Waals surface area (Å²) in [6, 6.07) is 3.28. The van der Waals surface area contributed by atoms with E-state index in [0.29, 0.717) is 0 Å². The molecule has 0 aliphatic carbocycles. The smallest absolute Gasteiger partial charge is 0.195 e. The van der Waals surface area contributed by atoms with Crippen LogP contribution in [0.5, 0.6) is 0 Å². The third kappa shape index (κ3) is 3.46. The average Bonchev–Trinajstić information content (AvgIpc) is 2.21. The summed E-state index contributed by atoms with van der Waals surface area (Å²) in [5.74, 6) is 0.100. The lowest BCUT2D eigenvalue weighted by Gasteiger charge is -1.99. The Morgan fingerprint density at radius 1 is 1.29 bits per heavy atom. The summed E-state index contributed by atoms with van der Waals surface area (Å²) in [6.45, 7) is 7.48. The van der Waals surface area contributed by atoms with Gasteiger partial charge in [0.2, 0.25) is 0 Å². The minimum Gasteiger partial charge on any atom is -0.244 e. The third-order valence-corrected chi connectivity index (χ3v) is 3.22. The number of aromatic nitrogens is 1. The van der Waals surface area contributed by atoms with Crippen LogP contribution in [0.25, 0.3) is 0 Å². The fourth-order valence-electron chi connectivity index (χ4n) is 0.786. The predicted octanol–water partition coefficient (Wildman–Crippen LogP) is 2.21. The Bertz CT molecular complexity index is 354. The molecule has 0 aliphatic rings. The van der Waals surface area contributed by atoms with Crippen molar-refractivity contribution in [3.05, 3.63) is 23.9 Å². The molecular formula is C10H17NO2S. The minimum absolute atomic E-state index is 0.100. The minimum atomic E-state index is -3.13. The molecular weight excluding hydrogens is 198 g/mol. The molecule has 14 heavy (non-hydrogen) atoms. The quantitative estimate of drug-likeness (QED) is 0.760. The number of pyridine rings is 1. The molecule has 80 valence electrons. The van der Waals surface area contributed by atoms with Gasteiger partial charge in [-0.2, -0.15) is 0 Å². The van der Waals surface area contributed by atoms with E-state index in [2.05, 4.69) is 4.98 Å². The van der Waals surface area contributed by atoms with E-state index < -0.39 is 9.84 Å². The van der Waals surface area contributed by atoms with Crippen LogP contribution in [0, 0.1) is 6.92 Å². The Labute approximate surface area is 86.1 Å². The van der Waals surface area contributed by atoms with Crippen LogP contribution < -0.4 is 0 Å². The van der Waals surface area contributed by atoms with Gasteiger partial charge in [0.1, 0.15) is 0 Å². The standard InChI is InChI=1S/C8H11NO2S.C2H6/c1-3-12(10,11)8-5-4-7(2)6-9-8;1-2/h4-6H,3H2,1-2H3;1-2H3. The molecule has 0 N–H and O–H groups in total. The molecule has 0 aliphatic heterocycles. The Morgan fingerprint density at radius 3 is 2.21 bits per heavy atom. The van der Waals surface area contributed by atoms with Crippen molar-refractivity contribution < 1.29 is 8.42 Å². The van der Waals surface area contributed by atoms with Crippen LogP contribution in [-0.2, 0) is 9.84 Å². The second-order valence-corrected chi connectivity index (χ2v) is 4.80. The predicted molar refractivity (Wildman–Crippen MR) is 58.0 cm³/mol. The molecule has 0 fully saturated rings. The Balaban J connectivity index is 0.000000791. The van der Waals surface area contributed by atoms with Crippen molar-refractivity contribution >= 4 is 9.84 Å². The van der Waals surface area contributed by atoms with E-state index in [1.54, 1.807) is 19.2 Å². The van der Waals surface area contributed by atoms with Crippen molar-refractivity contribution in [2.45, 2.75) is 32.7 Å². The molecule has 0 saturated carbocycles. The zero-order chi connectivity index (χ0) is 11.2. The zero-order valence-corrected chi connectivity index (χ0v) is 9.93. The number of hydrogen-bond acceptors (Lipinski definition) is 3. The zero-order valence-electron chi connectivity index (χ0n) is 9.11. The van der Waals surface area contributed by atoms with Crippen LogP contribution in [0.15, 0.2) is 23.4 Å². The van der Waals surface area contributed by atoms with Crippen molar-refractivity contribution in [1.29, 1.82) is 0 Å². The highest BCUT2D eigenvalue weighted by atomic mass is 32.2. The van der Waals surface area contributed by atoms with Crippen molar-refractivity contribution in [3.8, 4) is 0 Å². The largest absolute Gasteiger partial charge is 0.244 e. The number of sulfone groups is 1. The second-order valence-electron chi connectivity index (χ2n) is 2.58. The SMILES string of the molecule is CC.CCS(=O)(=O)c1ccc(C)cn1. The molecule has 1 aromatic rings. The van der Waals surface area contributed by atoms with Crippen molar-refractivity contribution in [3.63, 3.8) is 0 Å². The summed E-state index contributed by atoms with van der Waals surface area (Å²) in [5, 5.41) is 0.163. The molecule has 0 amide bonds. The monoisotopic (exact) mass is 215 g/mol. The molecule has 0 unspecified atom stereocenters. The van der Waals surface area contributed by atoms with Gasteiger partial charge in [-0.05, 0) is 18.6 Å². The van der Waals surface area contributed by atoms with Crippen LogP contribution in [0.4, 0.5) is 0 Å². The molecule has 3 nitrogen and oxygen atoms in total. The Hall–Kier alpha value is -0.900. The molecule has 1 rings (SSSR count). The van der Waals surface area contributed by atoms with Gasteiger partial charge in [-0.25, -0.2) is 13.4 Å². The van der Waals surface area contributed by atoms with Gasteiger partial charge in [0.05, 0.1) is 5.75 Å². The highest BCUT2D eigenvalue weighted by Gasteiger charge is 2.11. The highest BCUT2D eigenvalue weighted by molar-refractivity contribution is 7.91. The van der Waals surface area contributed by atoms with Crippen molar-refractivity contribution in [1.82, 2.24) is 4.98 Å². The summed E-state index contributed by atoms with van der Waals surface area (Å²) >= 11 is 0. The fourth-order valence-corrected chi connectivity index (χ4v) is 1.57. The lowest BCUT2D eigenvalue weighted by molar-refractivity contribution is 0.593. The number of rotatable bonds is 2. The molecule has 0 atom stereocenters. The molecule has 1 heterocycles. The van der Waals surface area contributed by atoms with Gasteiger partial charge in [0.25, 0.3) is 0 Å². The Kier molecular flexibility index (Phi) is 5.38. The lowest BCUT2D eigenvalue weighted by atomic mass is 10.3. The van der Waals surface area contributed by atoms with E-state index in [1.165, 1.54) is 6.07 Å². The lowest BCUT2D eigenvalue weighted by Crippen LogP contribution is -2.05. The van der Waals surface area contributed by atoms with Gasteiger partial charge in [0, 0.05) is 6.20 Å². The summed E-state index contributed by atoms with van der Waals surface area (Å²) in [4.78, 5) is 3.83. The van der Waals surface area contributed by atoms with Crippen LogP contribution in [-0.4, -0.2) is 19.2 Å². The normalized spacial score (nSPS) is 10.3. The number of aryl methyl sites for hydroxylation is 1. The maximum Gasteiger partial charge on any atom is 0.195 e. The first-order chi connectivity index (χ1) is 6.56. The first-order valence-corrected chi connectivity index (χ1v) is 6.37. The summed E-state index contributed by atoms with van der Waals surface area (Å²) in [5.41, 5.74) is 0.963. The first-order valence-electron chi connectivity index (χ1n) is 4.71. The summed E-state index contributed by atoms with van der Waals surface area (Å²) in [6.07, 6.45) is 1.56. The highest BCUT2D eigenvalue weighted by Crippen LogP contribution is 2.07. The van der Waals surface area contributed by atoms with Crippen LogP contribution in [0.2, 0.25) is 0 Å². The summed E-state index contributed by atoms with van der Waals surface area (Å²) < 4.78 is 22.5. The van der Waals surface area contributed by atoms with E-state index in [-0.39, 0.29) is 10.8 Å². The third-order valence-electron chi connectivity index (χ3n) is 1.58. The van der Waals surface area contributed by atoms with Crippen LogP contribution >= 0.6 is 0 Å². The van der Waals surface area contributed by atoms with Crippen molar-refractivity contribution in [2.75, 3.05) is 5.75 Å². The van der Waals surface area contributed by atoms with Gasteiger partial charge < -0.3 is 0 Å². The van der Waals surface area contributed by atoms with E-state index in [4.69, 9.17) is 0 Å². The van der Waals surface area contributed by atoms with Gasteiger partial charge in [-0.1, -0.05) is 26.8 Å². The van der Waals surface area contributed by atoms with Gasteiger partial charge in [0.15, 0.2) is 14.9 Å². The number of nitrogens with zero attached hydrogens (tertiary/aromatic N) is 1. The van der Waals surface area contributed by atoms with Gasteiger partial charge >= 0.3 is 0 Å². The van der Waals surface area contributed by atoms with E-state index in [0.717, 1.165) is 5.56 Å². The van der Waals surface area contributed by atoms with Gasteiger partial charge in [-0.3, -0.25) is 0 Å². The van der Waals surface area contributed by atoms with Crippen LogP contribution in [0.1, 0.15) is 26.3 Å². The Morgan fingerprint density at radius 2 is 1.86 bits per heavy atom. The molecule has 0 spiro atoms. The fraction of sp³-hybridized carbons (Fsp3) is 0.500. The van der Waals surface area contributed by atoms with E-state index >= 15 is 0 Å². The van der Waals surface area contributed by atoms with Gasteiger partial charge in [-0.15, -0.1) is 0 Å². The maximum absolute atomic E-state index is 11.2. The van der Waals surface area contributed by atoms with E-state index in [1.807, 2.05) is 20.8 Å². The molecule has 0 saturated heterocycles. The first kappa shape index (κ1) is 13.1. The molecule has 1 aromatic heterocycles. The summed E-state index contributed by atoms with van der Waals surface area (Å²) in [7, 11) is -3.13. The van der Waals surface area contributed by atoms with E-state index in [9.17, 15) is 8.42 Å². The topological polar surface area (TPSA) is 47.0 Å². The molecule has 0 radical (unpaired) electrons. The van der Waals surface area contributed by atoms with Crippen molar-refractivity contribution in [2.24, 2.45) is 0 Å². The second kappa shape index (κ2) is 5.75.